The number of esters is 1. The van der Waals surface area contributed by atoms with Gasteiger partial charge in [0, 0.05) is 18.2 Å². The summed E-state index contributed by atoms with van der Waals surface area (Å²) in [4.78, 5) is 11.4. The number of carbonyl (C=O) groups excluding carboxylic acids is 1. The number of benzene rings is 1. The first kappa shape index (κ1) is 15.4. The van der Waals surface area contributed by atoms with Gasteiger partial charge in [-0.3, -0.25) is 0 Å². The van der Waals surface area contributed by atoms with E-state index < -0.39 is 5.97 Å². The highest BCUT2D eigenvalue weighted by Gasteiger charge is 2.12. The summed E-state index contributed by atoms with van der Waals surface area (Å²) in [6, 6.07) is 9.78. The number of hydrogen-bond acceptors (Lipinski definition) is 4. The number of hydrogen-bond donors (Lipinski definition) is 2. The van der Waals surface area contributed by atoms with Crippen LogP contribution in [0.25, 0.3) is 0 Å². The minimum Gasteiger partial charge on any atom is -0.463 e. The molecule has 0 bridgehead atoms. The van der Waals surface area contributed by atoms with E-state index in [1.165, 1.54) is 0 Å². The molecule has 4 nitrogen and oxygen atoms in total. The maximum absolute atomic E-state index is 11.4. The predicted molar refractivity (Wildman–Crippen MR) is 74.8 cm³/mol. The molecule has 0 saturated heterocycles. The van der Waals surface area contributed by atoms with E-state index in [1.54, 1.807) is 6.92 Å². The smallest absolute Gasteiger partial charge is 0.334 e. The van der Waals surface area contributed by atoms with Crippen molar-refractivity contribution >= 4 is 5.97 Å². The maximum atomic E-state index is 11.4. The van der Waals surface area contributed by atoms with Gasteiger partial charge in [-0.1, -0.05) is 36.9 Å². The quantitative estimate of drug-likeness (QED) is 0.548. The average molecular weight is 263 g/mol. The molecule has 0 amide bonds. The second-order valence-corrected chi connectivity index (χ2v) is 4.27. The SMILES string of the molecule is C=C(CNC(CO)Cc1ccccc1)C(=O)OCC. The minimum absolute atomic E-state index is 0.00496. The van der Waals surface area contributed by atoms with E-state index in [2.05, 4.69) is 11.9 Å². The minimum atomic E-state index is -0.397. The van der Waals surface area contributed by atoms with Gasteiger partial charge in [-0.05, 0) is 18.9 Å². The van der Waals surface area contributed by atoms with E-state index in [1.807, 2.05) is 30.3 Å². The number of rotatable bonds is 8. The molecule has 0 radical (unpaired) electrons. The Balaban J connectivity index is 2.41. The predicted octanol–water partition coefficient (Wildman–Crippen LogP) is 1.30. The van der Waals surface area contributed by atoms with Crippen LogP contribution in [0.5, 0.6) is 0 Å². The van der Waals surface area contributed by atoms with Crippen LogP contribution in [0.15, 0.2) is 42.5 Å². The average Bonchev–Trinajstić information content (AvgIpc) is 2.44. The molecule has 1 rings (SSSR count). The van der Waals surface area contributed by atoms with Crippen molar-refractivity contribution in [2.45, 2.75) is 19.4 Å². The summed E-state index contributed by atoms with van der Waals surface area (Å²) in [6.07, 6.45) is 0.702. The molecule has 2 N–H and O–H groups in total. The van der Waals surface area contributed by atoms with Crippen molar-refractivity contribution in [1.82, 2.24) is 5.32 Å². The zero-order valence-electron chi connectivity index (χ0n) is 11.3. The number of nitrogens with one attached hydrogen (secondary N) is 1. The molecule has 1 atom stereocenters. The van der Waals surface area contributed by atoms with Crippen LogP contribution in [0, 0.1) is 0 Å². The topological polar surface area (TPSA) is 58.6 Å². The molecule has 0 heterocycles. The molecule has 0 fully saturated rings. The van der Waals surface area contributed by atoms with Gasteiger partial charge in [-0.25, -0.2) is 4.79 Å². The molecule has 1 unspecified atom stereocenters. The van der Waals surface area contributed by atoms with Crippen molar-refractivity contribution in [2.24, 2.45) is 0 Å². The second-order valence-electron chi connectivity index (χ2n) is 4.27. The zero-order chi connectivity index (χ0) is 14.1. The summed E-state index contributed by atoms with van der Waals surface area (Å²) in [5.41, 5.74) is 1.50. The largest absolute Gasteiger partial charge is 0.463 e. The summed E-state index contributed by atoms with van der Waals surface area (Å²) in [7, 11) is 0. The Morgan fingerprint density at radius 3 is 2.68 bits per heavy atom. The molecular formula is C15H21NO3. The van der Waals surface area contributed by atoms with Gasteiger partial charge < -0.3 is 15.2 Å². The van der Waals surface area contributed by atoms with Gasteiger partial charge in [0.15, 0.2) is 0 Å². The lowest BCUT2D eigenvalue weighted by Gasteiger charge is -2.16. The first-order valence-corrected chi connectivity index (χ1v) is 6.40. The van der Waals surface area contributed by atoms with Crippen LogP contribution in [0.1, 0.15) is 12.5 Å². The Labute approximate surface area is 114 Å². The third-order valence-corrected chi connectivity index (χ3v) is 2.71. The van der Waals surface area contributed by atoms with Gasteiger partial charge >= 0.3 is 5.97 Å². The Hall–Kier alpha value is -1.65. The van der Waals surface area contributed by atoms with E-state index in [9.17, 15) is 9.90 Å². The maximum Gasteiger partial charge on any atom is 0.334 e. The van der Waals surface area contributed by atoms with Crippen LogP contribution in [-0.2, 0) is 16.0 Å². The molecule has 0 aliphatic heterocycles. The molecule has 0 aliphatic rings. The van der Waals surface area contributed by atoms with Crippen molar-refractivity contribution in [3.05, 3.63) is 48.0 Å². The van der Waals surface area contributed by atoms with Crippen LogP contribution in [0.3, 0.4) is 0 Å². The lowest BCUT2D eigenvalue weighted by Crippen LogP contribution is -2.36. The van der Waals surface area contributed by atoms with Crippen molar-refractivity contribution < 1.29 is 14.6 Å². The van der Waals surface area contributed by atoms with E-state index >= 15 is 0 Å². The summed E-state index contributed by atoms with van der Waals surface area (Å²) >= 11 is 0. The molecule has 19 heavy (non-hydrogen) atoms. The lowest BCUT2D eigenvalue weighted by molar-refractivity contribution is -0.138. The Bertz CT molecular complexity index is 403. The number of aliphatic hydroxyl groups is 1. The molecule has 0 aromatic heterocycles. The summed E-state index contributed by atoms with van der Waals surface area (Å²) in [5.74, 6) is -0.397. The number of ether oxygens (including phenoxy) is 1. The van der Waals surface area contributed by atoms with Gasteiger partial charge in [-0.2, -0.15) is 0 Å². The molecule has 1 aromatic carbocycles. The van der Waals surface area contributed by atoms with Crippen molar-refractivity contribution in [1.29, 1.82) is 0 Å². The second kappa shape index (κ2) is 8.45. The fraction of sp³-hybridized carbons (Fsp3) is 0.400. The van der Waals surface area contributed by atoms with E-state index in [0.29, 0.717) is 25.1 Å². The fourth-order valence-electron chi connectivity index (χ4n) is 1.67. The molecule has 1 aromatic rings. The third-order valence-electron chi connectivity index (χ3n) is 2.71. The van der Waals surface area contributed by atoms with E-state index in [-0.39, 0.29) is 12.6 Å². The van der Waals surface area contributed by atoms with Gasteiger partial charge in [0.05, 0.1) is 13.2 Å². The number of carbonyl (C=O) groups is 1. The highest BCUT2D eigenvalue weighted by Crippen LogP contribution is 2.03. The molecular weight excluding hydrogens is 242 g/mol. The summed E-state index contributed by atoms with van der Waals surface area (Å²) in [6.45, 7) is 6.08. The zero-order valence-corrected chi connectivity index (χ0v) is 11.3. The summed E-state index contributed by atoms with van der Waals surface area (Å²) < 4.78 is 4.85. The Kier molecular flexibility index (Phi) is 6.85. The van der Waals surface area contributed by atoms with Gasteiger partial charge in [0.2, 0.25) is 0 Å². The third kappa shape index (κ3) is 5.68. The monoisotopic (exact) mass is 263 g/mol. The molecule has 0 spiro atoms. The van der Waals surface area contributed by atoms with Crippen molar-refractivity contribution in [2.75, 3.05) is 19.8 Å². The van der Waals surface area contributed by atoms with Crippen LogP contribution in [-0.4, -0.2) is 36.9 Å². The van der Waals surface area contributed by atoms with Crippen LogP contribution < -0.4 is 5.32 Å². The molecule has 0 saturated carbocycles. The first-order valence-electron chi connectivity index (χ1n) is 6.40. The van der Waals surface area contributed by atoms with Gasteiger partial charge in [0.25, 0.3) is 0 Å². The van der Waals surface area contributed by atoms with Crippen molar-refractivity contribution in [3.63, 3.8) is 0 Å². The van der Waals surface area contributed by atoms with Gasteiger partial charge in [-0.15, -0.1) is 0 Å². The Morgan fingerprint density at radius 1 is 1.42 bits per heavy atom. The fourth-order valence-corrected chi connectivity index (χ4v) is 1.67. The highest BCUT2D eigenvalue weighted by molar-refractivity contribution is 5.88. The number of aliphatic hydroxyl groups excluding tert-OH is 1. The van der Waals surface area contributed by atoms with E-state index in [0.717, 1.165) is 5.56 Å². The van der Waals surface area contributed by atoms with Crippen LogP contribution in [0.2, 0.25) is 0 Å². The van der Waals surface area contributed by atoms with Crippen LogP contribution in [0.4, 0.5) is 0 Å². The Morgan fingerprint density at radius 2 is 2.11 bits per heavy atom. The normalized spacial score (nSPS) is 11.9. The lowest BCUT2D eigenvalue weighted by atomic mass is 10.1. The van der Waals surface area contributed by atoms with Crippen LogP contribution >= 0.6 is 0 Å². The standard InChI is InChI=1S/C15H21NO3/c1-3-19-15(18)12(2)10-16-14(11-17)9-13-7-5-4-6-8-13/h4-8,14,16-17H,2-3,9-11H2,1H3. The van der Waals surface area contributed by atoms with E-state index in [4.69, 9.17) is 4.74 Å². The molecule has 0 aliphatic carbocycles. The molecule has 104 valence electrons. The first-order chi connectivity index (χ1) is 9.17. The van der Waals surface area contributed by atoms with Crippen molar-refractivity contribution in [3.8, 4) is 0 Å². The highest BCUT2D eigenvalue weighted by atomic mass is 16.5. The molecule has 4 heteroatoms. The summed E-state index contributed by atoms with van der Waals surface area (Å²) in [5, 5.41) is 12.4. The van der Waals surface area contributed by atoms with Gasteiger partial charge in [0.1, 0.15) is 0 Å².